The van der Waals surface area contributed by atoms with Gasteiger partial charge in [-0.2, -0.15) is 0 Å². The van der Waals surface area contributed by atoms with E-state index in [0.717, 1.165) is 11.0 Å². The highest BCUT2D eigenvalue weighted by Crippen LogP contribution is 2.41. The van der Waals surface area contributed by atoms with E-state index in [-0.39, 0.29) is 36.0 Å². The van der Waals surface area contributed by atoms with E-state index >= 15 is 0 Å². The van der Waals surface area contributed by atoms with Gasteiger partial charge in [0.05, 0.1) is 11.0 Å². The van der Waals surface area contributed by atoms with E-state index in [2.05, 4.69) is 20.5 Å². The van der Waals surface area contributed by atoms with Crippen molar-refractivity contribution >= 4 is 74.1 Å². The number of hydrogen-bond donors (Lipinski definition) is 4. The molecule has 0 aliphatic rings. The molecule has 0 saturated heterocycles. The van der Waals surface area contributed by atoms with E-state index in [0.29, 0.717) is 33.9 Å². The number of aromatic hydroxyl groups is 2. The summed E-state index contributed by atoms with van der Waals surface area (Å²) >= 11 is 11.9. The third kappa shape index (κ3) is 7.25. The molecule has 4 rings (SSSR count). The predicted molar refractivity (Wildman–Crippen MR) is 155 cm³/mol. The van der Waals surface area contributed by atoms with Gasteiger partial charge in [-0.05, 0) is 50.2 Å². The number of aromatic nitrogens is 2. The van der Waals surface area contributed by atoms with Gasteiger partial charge >= 0.3 is 0 Å². The van der Waals surface area contributed by atoms with Crippen LogP contribution < -0.4 is 11.3 Å². The molecule has 0 fully saturated rings. The first-order valence-corrected chi connectivity index (χ1v) is 13.2. The summed E-state index contributed by atoms with van der Waals surface area (Å²) in [6.07, 6.45) is -0.205. The number of halogens is 2. The second kappa shape index (κ2) is 13.8. The third-order valence-electron chi connectivity index (χ3n) is 5.86. The second-order valence-electron chi connectivity index (χ2n) is 8.54. The number of hydrogen-bond acceptors (Lipinski definition) is 8. The number of nitrogens with zero attached hydrogens (tertiary/aromatic N) is 6. The van der Waals surface area contributed by atoms with Crippen LogP contribution in [0.15, 0.2) is 56.9 Å². The topological polar surface area (TPSA) is 189 Å². The van der Waals surface area contributed by atoms with Gasteiger partial charge in [-0.3, -0.25) is 19.8 Å². The first-order chi connectivity index (χ1) is 19.5. The number of amides is 3. The Hall–Kier alpha value is -4.33. The molecule has 41 heavy (non-hydrogen) atoms. The van der Waals surface area contributed by atoms with Crippen molar-refractivity contribution in [2.24, 2.45) is 26.3 Å². The molecule has 3 amide bonds. The molecule has 5 N–H and O–H groups in total. The number of rotatable bonds is 7. The Morgan fingerprint density at radius 2 is 1.29 bits per heavy atom. The molecule has 0 unspecified atom stereocenters. The molecule has 0 aliphatic carbocycles. The van der Waals surface area contributed by atoms with Crippen LogP contribution in [0.2, 0.25) is 10.0 Å². The Balaban J connectivity index is 0.000000232. The number of benzene rings is 2. The molecular weight excluding hydrogens is 575 g/mol. The zero-order chi connectivity index (χ0) is 30.3. The fourth-order valence-electron chi connectivity index (χ4n) is 4.00. The number of nitrogens with two attached hydrogens (primary N) is 1. The van der Waals surface area contributed by atoms with E-state index in [1.165, 1.54) is 6.92 Å². The molecule has 2 aromatic heterocycles. The van der Waals surface area contributed by atoms with Crippen LogP contribution in [0.1, 0.15) is 33.6 Å². The monoisotopic (exact) mass is 602 g/mol. The molecule has 0 aliphatic heterocycles. The van der Waals surface area contributed by atoms with Gasteiger partial charge in [0, 0.05) is 53.7 Å². The van der Waals surface area contributed by atoms with Gasteiger partial charge in [-0.15, -0.1) is 20.5 Å². The van der Waals surface area contributed by atoms with Gasteiger partial charge in [0.15, 0.2) is 11.4 Å². The highest BCUT2D eigenvalue weighted by atomic mass is 35.5. The van der Waals surface area contributed by atoms with Crippen LogP contribution in [0.5, 0.6) is 11.8 Å². The summed E-state index contributed by atoms with van der Waals surface area (Å²) in [6.45, 7) is 6.17. The van der Waals surface area contributed by atoms with Crippen molar-refractivity contribution in [3.8, 4) is 11.8 Å². The molecule has 0 bridgehead atoms. The maximum atomic E-state index is 11.6. The number of nitrogens with one attached hydrogen (secondary N) is 1. The normalized spacial score (nSPS) is 11.4. The summed E-state index contributed by atoms with van der Waals surface area (Å²) in [5, 5.41) is 37.2. The minimum Gasteiger partial charge on any atom is -0.493 e. The van der Waals surface area contributed by atoms with Crippen LogP contribution in [0.4, 0.5) is 11.4 Å². The molecule has 216 valence electrons. The Bertz CT molecular complexity index is 1680. The standard InChI is InChI=1S/C14H16ClN5O3.C12H12ClN3O2/c1-2-20-10-4-3-8(15)7-9(10)13(14(20)23)19-18-12(22)6-5-11(21)17-16;1-3-16-10-5-4-8(13)6-9(10)11(12(16)18)15-14-7(2)17/h3-4,7,23H,2,5-6,16H2,1H3,(H,17,21);4-6,18H,3H2,1-2H3. The largest absolute Gasteiger partial charge is 0.493 e. The van der Waals surface area contributed by atoms with Crippen molar-refractivity contribution in [2.75, 3.05) is 0 Å². The lowest BCUT2D eigenvalue weighted by Crippen LogP contribution is -2.30. The number of aryl methyl sites for hydroxylation is 2. The molecule has 0 spiro atoms. The van der Waals surface area contributed by atoms with Gasteiger partial charge in [0.2, 0.25) is 17.7 Å². The van der Waals surface area contributed by atoms with Crippen molar-refractivity contribution in [1.29, 1.82) is 0 Å². The molecular formula is C26H28Cl2N8O5. The number of fused-ring (bicyclic) bond motifs is 2. The van der Waals surface area contributed by atoms with Gasteiger partial charge in [-0.1, -0.05) is 23.2 Å². The van der Waals surface area contributed by atoms with Crippen LogP contribution in [-0.2, 0) is 27.5 Å². The maximum absolute atomic E-state index is 11.6. The third-order valence-corrected chi connectivity index (χ3v) is 6.33. The predicted octanol–water partition coefficient (Wildman–Crippen LogP) is 6.05. The van der Waals surface area contributed by atoms with Crippen molar-refractivity contribution in [1.82, 2.24) is 14.6 Å². The highest BCUT2D eigenvalue weighted by molar-refractivity contribution is 6.32. The molecule has 0 radical (unpaired) electrons. The minimum absolute atomic E-state index is 0.0141. The SMILES string of the molecule is CCn1c(O)c(N=NC(=O)CCC(=O)NN)c2cc(Cl)ccc21.CCn1c(O)c(N=NC(C)=O)c2cc(Cl)ccc21. The summed E-state index contributed by atoms with van der Waals surface area (Å²) < 4.78 is 3.31. The van der Waals surface area contributed by atoms with Crippen LogP contribution in [0.3, 0.4) is 0 Å². The summed E-state index contributed by atoms with van der Waals surface area (Å²) in [4.78, 5) is 33.4. The number of azo groups is 2. The van der Waals surface area contributed by atoms with Crippen molar-refractivity contribution in [3.05, 3.63) is 46.4 Å². The van der Waals surface area contributed by atoms with Gasteiger partial charge in [0.25, 0.3) is 11.8 Å². The minimum atomic E-state index is -0.590. The second-order valence-corrected chi connectivity index (χ2v) is 9.41. The van der Waals surface area contributed by atoms with Gasteiger partial charge in [-0.25, -0.2) is 5.84 Å². The van der Waals surface area contributed by atoms with Crippen LogP contribution in [0, 0.1) is 0 Å². The first kappa shape index (κ1) is 31.2. The lowest BCUT2D eigenvalue weighted by atomic mass is 10.2. The van der Waals surface area contributed by atoms with E-state index in [1.54, 1.807) is 45.5 Å². The highest BCUT2D eigenvalue weighted by Gasteiger charge is 2.17. The van der Waals surface area contributed by atoms with E-state index in [9.17, 15) is 24.6 Å². The molecule has 15 heteroatoms. The van der Waals surface area contributed by atoms with Crippen LogP contribution >= 0.6 is 23.2 Å². The Morgan fingerprint density at radius 3 is 1.71 bits per heavy atom. The summed E-state index contributed by atoms with van der Waals surface area (Å²) in [6, 6.07) is 10.3. The number of carbonyl (C=O) groups excluding carboxylic acids is 3. The lowest BCUT2D eigenvalue weighted by Gasteiger charge is -2.01. The molecule has 2 aromatic carbocycles. The van der Waals surface area contributed by atoms with E-state index in [4.69, 9.17) is 29.0 Å². The van der Waals surface area contributed by atoms with Crippen molar-refractivity contribution in [2.45, 2.75) is 46.7 Å². The van der Waals surface area contributed by atoms with Crippen molar-refractivity contribution < 1.29 is 24.6 Å². The smallest absolute Gasteiger partial charge is 0.265 e. The number of carbonyl (C=O) groups is 3. The average molecular weight is 603 g/mol. The summed E-state index contributed by atoms with van der Waals surface area (Å²) in [7, 11) is 0. The molecule has 4 aromatic rings. The van der Waals surface area contributed by atoms with E-state index < -0.39 is 17.7 Å². The zero-order valence-electron chi connectivity index (χ0n) is 22.4. The summed E-state index contributed by atoms with van der Waals surface area (Å²) in [5.74, 6) is 3.33. The first-order valence-electron chi connectivity index (χ1n) is 12.4. The zero-order valence-corrected chi connectivity index (χ0v) is 23.9. The van der Waals surface area contributed by atoms with Crippen LogP contribution in [-0.4, -0.2) is 37.1 Å². The lowest BCUT2D eigenvalue weighted by molar-refractivity contribution is -0.125. The molecule has 0 atom stereocenters. The fraction of sp³-hybridized carbons (Fsp3) is 0.269. The Kier molecular flexibility index (Phi) is 10.5. The molecule has 13 nitrogen and oxygen atoms in total. The molecule has 2 heterocycles. The Labute approximate surface area is 244 Å². The molecule has 0 saturated carbocycles. The quantitative estimate of drug-likeness (QED) is 0.0860. The summed E-state index contributed by atoms with van der Waals surface area (Å²) in [5.41, 5.74) is 3.90. The van der Waals surface area contributed by atoms with Crippen molar-refractivity contribution in [3.63, 3.8) is 0 Å². The van der Waals surface area contributed by atoms with Gasteiger partial charge < -0.3 is 19.3 Å². The fourth-order valence-corrected chi connectivity index (χ4v) is 4.34. The van der Waals surface area contributed by atoms with Crippen LogP contribution in [0.25, 0.3) is 21.8 Å². The average Bonchev–Trinajstić information content (AvgIpc) is 3.36. The number of hydrazine groups is 1. The maximum Gasteiger partial charge on any atom is 0.265 e. The Morgan fingerprint density at radius 1 is 0.829 bits per heavy atom. The van der Waals surface area contributed by atoms with Gasteiger partial charge in [0.1, 0.15) is 0 Å². The van der Waals surface area contributed by atoms with E-state index in [1.807, 2.05) is 19.3 Å².